The van der Waals surface area contributed by atoms with Crippen LogP contribution < -0.4 is 5.32 Å². The van der Waals surface area contributed by atoms with Gasteiger partial charge in [-0.2, -0.15) is 10.2 Å². The lowest BCUT2D eigenvalue weighted by molar-refractivity contribution is -0.116. The zero-order valence-electron chi connectivity index (χ0n) is 18.6. The van der Waals surface area contributed by atoms with Gasteiger partial charge in [0.2, 0.25) is 5.91 Å². The molecule has 0 atom stereocenters. The molecule has 2 aromatic carbocycles. The minimum absolute atomic E-state index is 0.136. The van der Waals surface area contributed by atoms with Gasteiger partial charge in [0.15, 0.2) is 5.65 Å². The maximum atomic E-state index is 13.3. The number of carbonyl (C=O) groups is 1. The van der Waals surface area contributed by atoms with Gasteiger partial charge in [-0.3, -0.25) is 4.79 Å². The van der Waals surface area contributed by atoms with Crippen LogP contribution in [0, 0.1) is 26.6 Å². The minimum Gasteiger partial charge on any atom is -0.311 e. The van der Waals surface area contributed by atoms with Crippen molar-refractivity contribution in [2.75, 3.05) is 5.32 Å². The molecule has 5 rings (SSSR count). The molecule has 3 heterocycles. The van der Waals surface area contributed by atoms with Gasteiger partial charge in [0.25, 0.3) is 0 Å². The standard InChI is InChI=1S/C25H23FN6O/c1-15-14-23(32(29-15)19-10-8-18(26)9-11-19)28-24(33)13-12-20-16(2)27-25-21-6-4-5-7-22(21)30-31(25)17(20)3/h4-11,14H,12-13H2,1-3H3,(H,28,33). The van der Waals surface area contributed by atoms with Crippen LogP contribution in [-0.4, -0.2) is 30.3 Å². The normalized spacial score (nSPS) is 11.4. The molecule has 0 aliphatic heterocycles. The molecule has 1 N–H and O–H groups in total. The average molecular weight is 442 g/mol. The number of amides is 1. The molecule has 0 bridgehead atoms. The van der Waals surface area contributed by atoms with E-state index in [2.05, 4.69) is 15.5 Å². The van der Waals surface area contributed by atoms with Gasteiger partial charge in [0, 0.05) is 29.3 Å². The Balaban J connectivity index is 1.37. The monoisotopic (exact) mass is 442 g/mol. The van der Waals surface area contributed by atoms with Crippen molar-refractivity contribution < 1.29 is 9.18 Å². The number of anilines is 1. The first-order valence-corrected chi connectivity index (χ1v) is 10.8. The summed E-state index contributed by atoms with van der Waals surface area (Å²) in [6, 6.07) is 15.7. The van der Waals surface area contributed by atoms with Gasteiger partial charge in [-0.05, 0) is 69.2 Å². The molecular formula is C25H23FN6O. The fraction of sp³-hybridized carbons (Fsp3) is 0.200. The van der Waals surface area contributed by atoms with Crippen LogP contribution in [-0.2, 0) is 11.2 Å². The molecule has 0 fully saturated rings. The predicted molar refractivity (Wildman–Crippen MR) is 125 cm³/mol. The summed E-state index contributed by atoms with van der Waals surface area (Å²) in [7, 11) is 0. The molecule has 0 spiro atoms. The Morgan fingerprint density at radius 1 is 1.03 bits per heavy atom. The van der Waals surface area contributed by atoms with E-state index in [1.54, 1.807) is 22.9 Å². The number of nitrogens with one attached hydrogen (secondary N) is 1. The summed E-state index contributed by atoms with van der Waals surface area (Å²) in [6.07, 6.45) is 0.815. The van der Waals surface area contributed by atoms with Crippen molar-refractivity contribution in [1.82, 2.24) is 24.4 Å². The number of hydrogen-bond acceptors (Lipinski definition) is 4. The van der Waals surface area contributed by atoms with Crippen LogP contribution in [0.15, 0.2) is 54.6 Å². The number of hydrogen-bond donors (Lipinski definition) is 1. The van der Waals surface area contributed by atoms with E-state index in [4.69, 9.17) is 4.98 Å². The van der Waals surface area contributed by atoms with E-state index in [-0.39, 0.29) is 18.1 Å². The van der Waals surface area contributed by atoms with E-state index in [1.165, 1.54) is 12.1 Å². The molecule has 1 amide bonds. The highest BCUT2D eigenvalue weighted by atomic mass is 19.1. The minimum atomic E-state index is -0.324. The van der Waals surface area contributed by atoms with E-state index >= 15 is 0 Å². The van der Waals surface area contributed by atoms with Crippen LogP contribution in [0.5, 0.6) is 0 Å². The van der Waals surface area contributed by atoms with Crippen LogP contribution in [0.3, 0.4) is 0 Å². The van der Waals surface area contributed by atoms with Crippen LogP contribution in [0.1, 0.15) is 29.1 Å². The maximum Gasteiger partial charge on any atom is 0.225 e. The number of aromatic nitrogens is 5. The molecule has 0 aliphatic carbocycles. The second-order valence-electron chi connectivity index (χ2n) is 8.12. The Bertz CT molecular complexity index is 1500. The van der Waals surface area contributed by atoms with Gasteiger partial charge in [-0.1, -0.05) is 12.1 Å². The van der Waals surface area contributed by atoms with E-state index in [0.29, 0.717) is 17.9 Å². The molecule has 3 aromatic heterocycles. The van der Waals surface area contributed by atoms with Crippen LogP contribution in [0.25, 0.3) is 22.2 Å². The second kappa shape index (κ2) is 8.12. The number of fused-ring (bicyclic) bond motifs is 3. The quantitative estimate of drug-likeness (QED) is 0.428. The molecule has 7 nitrogen and oxygen atoms in total. The van der Waals surface area contributed by atoms with Crippen LogP contribution in [0.2, 0.25) is 0 Å². The third-order valence-electron chi connectivity index (χ3n) is 5.79. The Kier molecular flexibility index (Phi) is 5.12. The molecule has 0 radical (unpaired) electrons. The van der Waals surface area contributed by atoms with Crippen molar-refractivity contribution >= 4 is 28.3 Å². The van der Waals surface area contributed by atoms with Crippen LogP contribution >= 0.6 is 0 Å². The summed E-state index contributed by atoms with van der Waals surface area (Å²) in [4.78, 5) is 17.6. The summed E-state index contributed by atoms with van der Waals surface area (Å²) in [5.41, 5.74) is 6.03. The van der Waals surface area contributed by atoms with Gasteiger partial charge in [-0.25, -0.2) is 18.6 Å². The number of nitrogens with zero attached hydrogens (tertiary/aromatic N) is 5. The lowest BCUT2D eigenvalue weighted by atomic mass is 10.1. The van der Waals surface area contributed by atoms with Gasteiger partial charge in [0.05, 0.1) is 16.9 Å². The largest absolute Gasteiger partial charge is 0.311 e. The number of carbonyl (C=O) groups excluding carboxylic acids is 1. The summed E-state index contributed by atoms with van der Waals surface area (Å²) in [5.74, 6) is 0.0850. The number of rotatable bonds is 5. The molecule has 5 aromatic rings. The third-order valence-corrected chi connectivity index (χ3v) is 5.79. The van der Waals surface area contributed by atoms with Crippen LogP contribution in [0.4, 0.5) is 10.2 Å². The highest BCUT2D eigenvalue weighted by Gasteiger charge is 2.16. The first-order chi connectivity index (χ1) is 15.9. The maximum absolute atomic E-state index is 13.3. The summed E-state index contributed by atoms with van der Waals surface area (Å²) in [5, 5.41) is 13.1. The molecule has 33 heavy (non-hydrogen) atoms. The summed E-state index contributed by atoms with van der Waals surface area (Å²) < 4.78 is 16.8. The van der Waals surface area contributed by atoms with Crippen molar-refractivity contribution in [2.24, 2.45) is 0 Å². The first kappa shape index (κ1) is 20.8. The molecule has 8 heteroatoms. The van der Waals surface area contributed by atoms with Gasteiger partial charge < -0.3 is 5.32 Å². The topological polar surface area (TPSA) is 77.1 Å². The Morgan fingerprint density at radius 3 is 2.58 bits per heavy atom. The van der Waals surface area contributed by atoms with E-state index in [1.807, 2.05) is 49.6 Å². The second-order valence-corrected chi connectivity index (χ2v) is 8.12. The smallest absolute Gasteiger partial charge is 0.225 e. The van der Waals surface area contributed by atoms with Gasteiger partial charge in [-0.15, -0.1) is 0 Å². The lowest BCUT2D eigenvalue weighted by Crippen LogP contribution is -2.16. The predicted octanol–water partition coefficient (Wildman–Crippen LogP) is 4.70. The highest BCUT2D eigenvalue weighted by molar-refractivity contribution is 5.92. The fourth-order valence-electron chi connectivity index (χ4n) is 4.15. The van der Waals surface area contributed by atoms with Crippen molar-refractivity contribution in [3.63, 3.8) is 0 Å². The molecule has 166 valence electrons. The van der Waals surface area contributed by atoms with Gasteiger partial charge in [0.1, 0.15) is 11.6 Å². The van der Waals surface area contributed by atoms with Crippen molar-refractivity contribution in [3.8, 4) is 5.69 Å². The SMILES string of the molecule is Cc1cc(NC(=O)CCc2c(C)nc3c4ccccc4nn3c2C)n(-c2ccc(F)cc2)n1. The number of halogens is 1. The Morgan fingerprint density at radius 2 is 1.79 bits per heavy atom. The fourth-order valence-corrected chi connectivity index (χ4v) is 4.15. The van der Waals surface area contributed by atoms with E-state index in [9.17, 15) is 9.18 Å². The first-order valence-electron chi connectivity index (χ1n) is 10.8. The zero-order chi connectivity index (χ0) is 23.1. The van der Waals surface area contributed by atoms with E-state index in [0.717, 1.165) is 39.2 Å². The summed E-state index contributed by atoms with van der Waals surface area (Å²) in [6.45, 7) is 5.82. The van der Waals surface area contributed by atoms with Gasteiger partial charge >= 0.3 is 0 Å². The third kappa shape index (κ3) is 3.84. The highest BCUT2D eigenvalue weighted by Crippen LogP contribution is 2.23. The van der Waals surface area contributed by atoms with Crippen molar-refractivity contribution in [2.45, 2.75) is 33.6 Å². The Labute approximate surface area is 189 Å². The summed E-state index contributed by atoms with van der Waals surface area (Å²) >= 11 is 0. The molecule has 0 saturated heterocycles. The van der Waals surface area contributed by atoms with Crippen molar-refractivity contribution in [1.29, 1.82) is 0 Å². The molecule has 0 unspecified atom stereocenters. The molecule has 0 saturated carbocycles. The van der Waals surface area contributed by atoms with E-state index < -0.39 is 0 Å². The number of benzene rings is 2. The Hall–Kier alpha value is -4.07. The van der Waals surface area contributed by atoms with Crippen molar-refractivity contribution in [3.05, 3.63) is 83.1 Å². The lowest BCUT2D eigenvalue weighted by Gasteiger charge is -2.12. The average Bonchev–Trinajstić information content (AvgIpc) is 3.34. The molecule has 0 aliphatic rings. The number of aryl methyl sites for hydroxylation is 3. The molecular weight excluding hydrogens is 419 g/mol. The zero-order valence-corrected chi connectivity index (χ0v) is 18.6.